The smallest absolute Gasteiger partial charge is 0.265 e. The van der Waals surface area contributed by atoms with Gasteiger partial charge in [0.25, 0.3) is 5.56 Å². The molecular formula is C12H10BrClN2O2. The molecule has 0 aliphatic rings. The van der Waals surface area contributed by atoms with Crippen LogP contribution < -0.4 is 10.3 Å². The van der Waals surface area contributed by atoms with Crippen LogP contribution in [0.15, 0.2) is 27.5 Å². The molecule has 0 aliphatic heterocycles. The van der Waals surface area contributed by atoms with E-state index in [1.165, 1.54) is 0 Å². The molecule has 0 fully saturated rings. The van der Waals surface area contributed by atoms with Crippen LogP contribution >= 0.6 is 27.5 Å². The summed E-state index contributed by atoms with van der Waals surface area (Å²) < 4.78 is 5.65. The minimum Gasteiger partial charge on any atom is -0.496 e. The van der Waals surface area contributed by atoms with E-state index in [0.29, 0.717) is 32.3 Å². The molecular weight excluding hydrogens is 320 g/mol. The Labute approximate surface area is 117 Å². The third-order valence-corrected chi connectivity index (χ3v) is 3.71. The number of rotatable bonds is 2. The molecule has 0 spiro atoms. The number of halogens is 2. The summed E-state index contributed by atoms with van der Waals surface area (Å²) in [6, 6.07) is 5.25. The van der Waals surface area contributed by atoms with Crippen molar-refractivity contribution in [2.75, 3.05) is 7.11 Å². The first-order valence-corrected chi connectivity index (χ1v) is 6.31. The summed E-state index contributed by atoms with van der Waals surface area (Å²) in [5.41, 5.74) is 0.921. The average Bonchev–Trinajstić information content (AvgIpc) is 2.35. The van der Waals surface area contributed by atoms with Crippen molar-refractivity contribution in [1.82, 2.24) is 9.97 Å². The van der Waals surface area contributed by atoms with E-state index in [-0.39, 0.29) is 5.56 Å². The van der Waals surface area contributed by atoms with Gasteiger partial charge < -0.3 is 9.72 Å². The Bertz CT molecular complexity index is 655. The Balaban J connectivity index is 2.73. The second-order valence-electron chi connectivity index (χ2n) is 3.63. The molecule has 0 atom stereocenters. The number of nitrogens with one attached hydrogen (secondary N) is 1. The molecule has 1 aromatic heterocycles. The molecule has 0 bridgehead atoms. The molecule has 0 radical (unpaired) electrons. The number of aryl methyl sites for hydroxylation is 1. The highest BCUT2D eigenvalue weighted by molar-refractivity contribution is 9.10. The van der Waals surface area contributed by atoms with Crippen LogP contribution in [0.3, 0.4) is 0 Å². The zero-order valence-electron chi connectivity index (χ0n) is 9.75. The van der Waals surface area contributed by atoms with Gasteiger partial charge in [-0.2, -0.15) is 0 Å². The molecule has 2 rings (SSSR count). The fraction of sp³-hybridized carbons (Fsp3) is 0.167. The van der Waals surface area contributed by atoms with Crippen molar-refractivity contribution in [2.24, 2.45) is 0 Å². The van der Waals surface area contributed by atoms with E-state index in [9.17, 15) is 4.79 Å². The van der Waals surface area contributed by atoms with E-state index in [0.717, 1.165) is 0 Å². The van der Waals surface area contributed by atoms with Gasteiger partial charge in [-0.1, -0.05) is 17.7 Å². The van der Waals surface area contributed by atoms with Gasteiger partial charge in [0.2, 0.25) is 0 Å². The van der Waals surface area contributed by atoms with E-state index in [1.54, 1.807) is 32.2 Å². The predicted octanol–water partition coefficient (Wildman–Crippen LogP) is 3.17. The van der Waals surface area contributed by atoms with E-state index in [2.05, 4.69) is 25.9 Å². The zero-order valence-corrected chi connectivity index (χ0v) is 12.1. The van der Waals surface area contributed by atoms with Crippen LogP contribution in [0.4, 0.5) is 0 Å². The van der Waals surface area contributed by atoms with Gasteiger partial charge in [0, 0.05) is 0 Å². The summed E-state index contributed by atoms with van der Waals surface area (Å²) in [5.74, 6) is 0.954. The van der Waals surface area contributed by atoms with Crippen molar-refractivity contribution in [2.45, 2.75) is 6.92 Å². The van der Waals surface area contributed by atoms with Crippen LogP contribution in [0.25, 0.3) is 11.4 Å². The van der Waals surface area contributed by atoms with Gasteiger partial charge >= 0.3 is 0 Å². The molecule has 18 heavy (non-hydrogen) atoms. The fourth-order valence-corrected chi connectivity index (χ4v) is 2.04. The van der Waals surface area contributed by atoms with E-state index >= 15 is 0 Å². The van der Waals surface area contributed by atoms with E-state index in [1.807, 2.05) is 0 Å². The van der Waals surface area contributed by atoms with Gasteiger partial charge in [0.1, 0.15) is 16.0 Å². The lowest BCUT2D eigenvalue weighted by Gasteiger charge is -2.10. The maximum Gasteiger partial charge on any atom is 0.265 e. The normalized spacial score (nSPS) is 10.4. The summed E-state index contributed by atoms with van der Waals surface area (Å²) in [6.45, 7) is 1.74. The van der Waals surface area contributed by atoms with Gasteiger partial charge in [0.05, 0.1) is 23.4 Å². The van der Waals surface area contributed by atoms with Crippen molar-refractivity contribution in [3.63, 3.8) is 0 Å². The number of nitrogens with zero attached hydrogens (tertiary/aromatic N) is 1. The first-order valence-electron chi connectivity index (χ1n) is 5.14. The number of hydrogen-bond acceptors (Lipinski definition) is 3. The number of hydrogen-bond donors (Lipinski definition) is 1. The van der Waals surface area contributed by atoms with Crippen molar-refractivity contribution >= 4 is 27.5 Å². The lowest BCUT2D eigenvalue weighted by atomic mass is 10.2. The number of ether oxygens (including phenoxy) is 1. The van der Waals surface area contributed by atoms with Crippen LogP contribution in [0, 0.1) is 6.92 Å². The second-order valence-corrected chi connectivity index (χ2v) is 4.83. The summed E-state index contributed by atoms with van der Waals surface area (Å²) in [7, 11) is 1.54. The topological polar surface area (TPSA) is 55.0 Å². The third-order valence-electron chi connectivity index (χ3n) is 2.46. The Morgan fingerprint density at radius 1 is 1.44 bits per heavy atom. The quantitative estimate of drug-likeness (QED) is 0.920. The number of methoxy groups -OCH3 is 1. The maximum absolute atomic E-state index is 11.7. The molecule has 6 heteroatoms. The Hall–Kier alpha value is -1.33. The third kappa shape index (κ3) is 2.28. The maximum atomic E-state index is 11.7. The zero-order chi connectivity index (χ0) is 13.3. The van der Waals surface area contributed by atoms with Crippen molar-refractivity contribution in [3.8, 4) is 17.1 Å². The van der Waals surface area contributed by atoms with Crippen molar-refractivity contribution < 1.29 is 4.74 Å². The van der Waals surface area contributed by atoms with Crippen LogP contribution in [0.2, 0.25) is 5.02 Å². The monoisotopic (exact) mass is 328 g/mol. The molecule has 4 nitrogen and oxygen atoms in total. The molecule has 0 unspecified atom stereocenters. The summed E-state index contributed by atoms with van der Waals surface area (Å²) in [6.07, 6.45) is 0. The minimum atomic E-state index is -0.250. The lowest BCUT2D eigenvalue weighted by Crippen LogP contribution is -2.12. The number of H-pyrrole nitrogens is 1. The standard InChI is InChI=1S/C12H10BrClN2O2/c1-6-10(13)12(17)16-11(15-6)9-7(14)4-3-5-8(9)18-2/h3-5H,1-2H3,(H,15,16,17). The van der Waals surface area contributed by atoms with Gasteiger partial charge in [-0.15, -0.1) is 0 Å². The summed E-state index contributed by atoms with van der Waals surface area (Å²) in [4.78, 5) is 18.7. The molecule has 1 heterocycles. The van der Waals surface area contributed by atoms with Crippen LogP contribution in [-0.4, -0.2) is 17.1 Å². The number of aromatic amines is 1. The Kier molecular flexibility index (Phi) is 3.73. The highest BCUT2D eigenvalue weighted by atomic mass is 79.9. The van der Waals surface area contributed by atoms with Gasteiger partial charge in [-0.3, -0.25) is 4.79 Å². The Morgan fingerprint density at radius 2 is 2.17 bits per heavy atom. The van der Waals surface area contributed by atoms with E-state index < -0.39 is 0 Å². The first-order chi connectivity index (χ1) is 8.54. The van der Waals surface area contributed by atoms with Crippen molar-refractivity contribution in [1.29, 1.82) is 0 Å². The predicted molar refractivity (Wildman–Crippen MR) is 74.3 cm³/mol. The molecule has 0 aliphatic carbocycles. The molecule has 0 amide bonds. The highest BCUT2D eigenvalue weighted by Gasteiger charge is 2.14. The minimum absolute atomic E-state index is 0.250. The molecule has 1 aromatic carbocycles. The fourth-order valence-electron chi connectivity index (χ4n) is 1.59. The SMILES string of the molecule is COc1cccc(Cl)c1-c1nc(C)c(Br)c(=O)[nH]1. The summed E-state index contributed by atoms with van der Waals surface area (Å²) >= 11 is 9.30. The van der Waals surface area contributed by atoms with Gasteiger partial charge in [-0.25, -0.2) is 4.98 Å². The first kappa shape index (κ1) is 13.1. The largest absolute Gasteiger partial charge is 0.496 e. The van der Waals surface area contributed by atoms with Gasteiger partial charge in [0.15, 0.2) is 0 Å². The second kappa shape index (κ2) is 5.12. The molecule has 0 saturated heterocycles. The molecule has 1 N–H and O–H groups in total. The van der Waals surface area contributed by atoms with E-state index in [4.69, 9.17) is 16.3 Å². The molecule has 0 saturated carbocycles. The van der Waals surface area contributed by atoms with Crippen molar-refractivity contribution in [3.05, 3.63) is 43.7 Å². The lowest BCUT2D eigenvalue weighted by molar-refractivity contribution is 0.416. The highest BCUT2D eigenvalue weighted by Crippen LogP contribution is 2.34. The molecule has 94 valence electrons. The Morgan fingerprint density at radius 3 is 2.78 bits per heavy atom. The van der Waals surface area contributed by atoms with Crippen LogP contribution in [0.1, 0.15) is 5.69 Å². The molecule has 2 aromatic rings. The van der Waals surface area contributed by atoms with Gasteiger partial charge in [-0.05, 0) is 35.0 Å². The number of aromatic nitrogens is 2. The van der Waals surface area contributed by atoms with Crippen LogP contribution in [-0.2, 0) is 0 Å². The average molecular weight is 330 g/mol. The number of benzene rings is 1. The van der Waals surface area contributed by atoms with Crippen LogP contribution in [0.5, 0.6) is 5.75 Å². The summed E-state index contributed by atoms with van der Waals surface area (Å²) in [5, 5.41) is 0.472.